The summed E-state index contributed by atoms with van der Waals surface area (Å²) in [5, 5.41) is 6.33. The monoisotopic (exact) mass is 344 g/mol. The second-order valence-electron chi connectivity index (χ2n) is 6.26. The molecule has 0 spiro atoms. The first-order valence-electron chi connectivity index (χ1n) is 8.54. The number of hydrogen-bond acceptors (Lipinski definition) is 5. The van der Waals surface area contributed by atoms with Gasteiger partial charge in [-0.25, -0.2) is 0 Å². The highest BCUT2D eigenvalue weighted by molar-refractivity contribution is 5.83. The molecule has 1 unspecified atom stereocenters. The molecular formula is C21H16N2O3. The van der Waals surface area contributed by atoms with Gasteiger partial charge in [0.25, 0.3) is 5.89 Å². The fourth-order valence-electron chi connectivity index (χ4n) is 3.18. The van der Waals surface area contributed by atoms with Gasteiger partial charge >= 0.3 is 0 Å². The first-order chi connectivity index (χ1) is 12.8. The third-order valence-electron chi connectivity index (χ3n) is 4.50. The largest absolute Gasteiger partial charge is 0.485 e. The molecule has 5 heteroatoms. The molecular weight excluding hydrogens is 328 g/mol. The summed E-state index contributed by atoms with van der Waals surface area (Å²) >= 11 is 0. The molecule has 4 aromatic rings. The Morgan fingerprint density at radius 2 is 1.81 bits per heavy atom. The Hall–Kier alpha value is -3.34. The molecule has 3 aromatic carbocycles. The van der Waals surface area contributed by atoms with Crippen molar-refractivity contribution in [3.8, 4) is 11.5 Å². The number of aromatic nitrogens is 2. The summed E-state index contributed by atoms with van der Waals surface area (Å²) in [6, 6.07) is 22.1. The minimum absolute atomic E-state index is 0.227. The standard InChI is InChI=1S/C21H16N2O3/c1-2-6-15-11-17(10-9-14(15)5-1)24-13-20-22-21(26-23-20)19-12-16-7-3-4-8-18(16)25-19/h1-11,19H,12-13H2. The van der Waals surface area contributed by atoms with Crippen molar-refractivity contribution in [2.75, 3.05) is 0 Å². The number of ether oxygens (including phenoxy) is 2. The maximum absolute atomic E-state index is 5.88. The van der Waals surface area contributed by atoms with Crippen LogP contribution in [0, 0.1) is 0 Å². The molecule has 1 aromatic heterocycles. The zero-order valence-electron chi connectivity index (χ0n) is 14.0. The highest BCUT2D eigenvalue weighted by atomic mass is 16.5. The Kier molecular flexibility index (Phi) is 3.56. The summed E-state index contributed by atoms with van der Waals surface area (Å²) in [6.07, 6.45) is 0.512. The quantitative estimate of drug-likeness (QED) is 0.546. The van der Waals surface area contributed by atoms with Gasteiger partial charge < -0.3 is 14.0 Å². The zero-order valence-corrected chi connectivity index (χ0v) is 14.0. The zero-order chi connectivity index (χ0) is 17.3. The highest BCUT2D eigenvalue weighted by Crippen LogP contribution is 2.35. The summed E-state index contributed by atoms with van der Waals surface area (Å²) in [7, 11) is 0. The van der Waals surface area contributed by atoms with Gasteiger partial charge in [0.15, 0.2) is 12.7 Å². The second kappa shape index (κ2) is 6.19. The molecule has 0 bridgehead atoms. The van der Waals surface area contributed by atoms with Crippen LogP contribution in [0.4, 0.5) is 0 Å². The molecule has 0 N–H and O–H groups in total. The van der Waals surface area contributed by atoms with Crippen molar-refractivity contribution in [2.45, 2.75) is 19.1 Å². The maximum Gasteiger partial charge on any atom is 0.268 e. The molecule has 5 rings (SSSR count). The van der Waals surface area contributed by atoms with Gasteiger partial charge in [-0.2, -0.15) is 4.98 Å². The van der Waals surface area contributed by atoms with Crippen LogP contribution in [-0.4, -0.2) is 10.1 Å². The number of para-hydroxylation sites is 1. The van der Waals surface area contributed by atoms with E-state index in [1.54, 1.807) is 0 Å². The molecule has 1 atom stereocenters. The maximum atomic E-state index is 5.88. The van der Waals surface area contributed by atoms with Gasteiger partial charge in [-0.05, 0) is 34.5 Å². The summed E-state index contributed by atoms with van der Waals surface area (Å²) in [5.74, 6) is 2.65. The Morgan fingerprint density at radius 1 is 0.962 bits per heavy atom. The smallest absolute Gasteiger partial charge is 0.268 e. The van der Waals surface area contributed by atoms with E-state index in [4.69, 9.17) is 14.0 Å². The first-order valence-corrected chi connectivity index (χ1v) is 8.54. The van der Waals surface area contributed by atoms with Crippen molar-refractivity contribution in [3.05, 3.63) is 84.0 Å². The van der Waals surface area contributed by atoms with Crippen molar-refractivity contribution in [1.82, 2.24) is 10.1 Å². The van der Waals surface area contributed by atoms with E-state index in [0.29, 0.717) is 11.7 Å². The SMILES string of the molecule is c1ccc2c(c1)CC(c1nc(COc3ccc4ccccc4c3)no1)O2. The summed E-state index contributed by atoms with van der Waals surface area (Å²) in [5.41, 5.74) is 1.16. The lowest BCUT2D eigenvalue weighted by molar-refractivity contribution is 0.183. The van der Waals surface area contributed by atoms with E-state index in [1.165, 1.54) is 5.39 Å². The van der Waals surface area contributed by atoms with Crippen LogP contribution in [0.25, 0.3) is 10.8 Å². The van der Waals surface area contributed by atoms with Crippen molar-refractivity contribution in [2.24, 2.45) is 0 Å². The third kappa shape index (κ3) is 2.77. The number of hydrogen-bond donors (Lipinski definition) is 0. The van der Waals surface area contributed by atoms with E-state index in [1.807, 2.05) is 48.5 Å². The predicted octanol–water partition coefficient (Wildman–Crippen LogP) is 4.48. The molecule has 1 aliphatic rings. The molecule has 0 aliphatic carbocycles. The van der Waals surface area contributed by atoms with Gasteiger partial charge in [-0.1, -0.05) is 53.7 Å². The summed E-state index contributed by atoms with van der Waals surface area (Å²) in [4.78, 5) is 4.42. The van der Waals surface area contributed by atoms with E-state index in [-0.39, 0.29) is 12.7 Å². The first kappa shape index (κ1) is 15.0. The van der Waals surface area contributed by atoms with Gasteiger partial charge in [0.05, 0.1) is 0 Å². The summed E-state index contributed by atoms with van der Waals surface area (Å²) < 4.78 is 17.1. The number of rotatable bonds is 4. The highest BCUT2D eigenvalue weighted by Gasteiger charge is 2.28. The van der Waals surface area contributed by atoms with Crippen LogP contribution in [0.5, 0.6) is 11.5 Å². The van der Waals surface area contributed by atoms with Gasteiger partial charge in [0.1, 0.15) is 11.5 Å². The lowest BCUT2D eigenvalue weighted by Gasteiger charge is -2.05. The van der Waals surface area contributed by atoms with Crippen LogP contribution in [0.2, 0.25) is 0 Å². The average Bonchev–Trinajstić information content (AvgIpc) is 3.33. The molecule has 0 saturated carbocycles. The minimum Gasteiger partial charge on any atom is -0.485 e. The molecule has 26 heavy (non-hydrogen) atoms. The third-order valence-corrected chi connectivity index (χ3v) is 4.50. The Morgan fingerprint density at radius 3 is 2.73 bits per heavy atom. The van der Waals surface area contributed by atoms with E-state index in [2.05, 4.69) is 28.3 Å². The normalized spacial score (nSPS) is 15.6. The van der Waals surface area contributed by atoms with Crippen molar-refractivity contribution in [3.63, 3.8) is 0 Å². The van der Waals surface area contributed by atoms with Gasteiger partial charge in [-0.3, -0.25) is 0 Å². The molecule has 5 nitrogen and oxygen atoms in total. The topological polar surface area (TPSA) is 57.4 Å². The Balaban J connectivity index is 1.27. The predicted molar refractivity (Wildman–Crippen MR) is 96.1 cm³/mol. The summed E-state index contributed by atoms with van der Waals surface area (Å²) in [6.45, 7) is 0.251. The Labute approximate surface area is 150 Å². The number of nitrogens with zero attached hydrogens (tertiary/aromatic N) is 2. The van der Waals surface area contributed by atoms with Crippen molar-refractivity contribution >= 4 is 10.8 Å². The van der Waals surface area contributed by atoms with Crippen LogP contribution < -0.4 is 9.47 Å². The lowest BCUT2D eigenvalue weighted by Crippen LogP contribution is -2.04. The number of benzene rings is 3. The minimum atomic E-state index is -0.227. The van der Waals surface area contributed by atoms with Crippen molar-refractivity contribution < 1.29 is 14.0 Å². The van der Waals surface area contributed by atoms with E-state index >= 15 is 0 Å². The molecule has 0 radical (unpaired) electrons. The van der Waals surface area contributed by atoms with E-state index in [9.17, 15) is 0 Å². The Bertz CT molecular complexity index is 1050. The van der Waals surface area contributed by atoms with Crippen LogP contribution in [0.15, 0.2) is 71.3 Å². The van der Waals surface area contributed by atoms with Crippen LogP contribution in [0.3, 0.4) is 0 Å². The van der Waals surface area contributed by atoms with Crippen LogP contribution in [-0.2, 0) is 13.0 Å². The van der Waals surface area contributed by atoms with Crippen molar-refractivity contribution in [1.29, 1.82) is 0 Å². The second-order valence-corrected chi connectivity index (χ2v) is 6.26. The van der Waals surface area contributed by atoms with Gasteiger partial charge in [0.2, 0.25) is 5.82 Å². The van der Waals surface area contributed by atoms with Gasteiger partial charge in [0, 0.05) is 6.42 Å². The fourth-order valence-corrected chi connectivity index (χ4v) is 3.18. The molecule has 1 aliphatic heterocycles. The molecule has 2 heterocycles. The molecule has 128 valence electrons. The molecule has 0 fully saturated rings. The number of fused-ring (bicyclic) bond motifs is 2. The average molecular weight is 344 g/mol. The van der Waals surface area contributed by atoms with Crippen LogP contribution >= 0.6 is 0 Å². The van der Waals surface area contributed by atoms with E-state index < -0.39 is 0 Å². The van der Waals surface area contributed by atoms with Crippen LogP contribution in [0.1, 0.15) is 23.4 Å². The fraction of sp³-hybridized carbons (Fsp3) is 0.143. The van der Waals surface area contributed by atoms with Gasteiger partial charge in [-0.15, -0.1) is 0 Å². The van der Waals surface area contributed by atoms with E-state index in [0.717, 1.165) is 28.9 Å². The molecule has 0 saturated heterocycles. The molecule has 0 amide bonds. The lowest BCUT2D eigenvalue weighted by atomic mass is 10.1.